The van der Waals surface area contributed by atoms with Gasteiger partial charge in [-0.25, -0.2) is 0 Å². The van der Waals surface area contributed by atoms with Crippen molar-refractivity contribution in [3.8, 4) is 0 Å². The van der Waals surface area contributed by atoms with Crippen molar-refractivity contribution in [3.63, 3.8) is 0 Å². The zero-order valence-corrected chi connectivity index (χ0v) is 14.9. The molecule has 1 heterocycles. The van der Waals surface area contributed by atoms with Crippen molar-refractivity contribution in [2.45, 2.75) is 49.5 Å². The summed E-state index contributed by atoms with van der Waals surface area (Å²) in [6, 6.07) is 7.99. The van der Waals surface area contributed by atoms with Crippen LogP contribution in [0.25, 0.3) is 0 Å². The van der Waals surface area contributed by atoms with E-state index in [4.69, 9.17) is 16.1 Å². The van der Waals surface area contributed by atoms with Gasteiger partial charge < -0.3 is 9.84 Å². The highest BCUT2D eigenvalue weighted by Crippen LogP contribution is 2.35. The van der Waals surface area contributed by atoms with Gasteiger partial charge >= 0.3 is 0 Å². The predicted octanol–water partition coefficient (Wildman–Crippen LogP) is 4.57. The molecule has 0 spiro atoms. The van der Waals surface area contributed by atoms with Crippen molar-refractivity contribution >= 4 is 23.4 Å². The third-order valence-electron chi connectivity index (χ3n) is 4.31. The normalized spacial score (nSPS) is 17.3. The zero-order chi connectivity index (χ0) is 16.1. The Morgan fingerprint density at radius 3 is 2.61 bits per heavy atom. The maximum Gasteiger partial charge on any atom is 0.223 e. The van der Waals surface area contributed by atoms with Crippen molar-refractivity contribution in [2.24, 2.45) is 0 Å². The van der Waals surface area contributed by atoms with E-state index in [2.05, 4.69) is 27.6 Å². The maximum atomic E-state index is 5.92. The Bertz CT molecular complexity index is 623. The van der Waals surface area contributed by atoms with Crippen LogP contribution in [0.15, 0.2) is 33.7 Å². The second-order valence-electron chi connectivity index (χ2n) is 6.01. The first-order valence-electron chi connectivity index (χ1n) is 8.12. The minimum atomic E-state index is -0.115. The molecule has 1 N–H and O–H groups in total. The second-order valence-corrected chi connectivity index (χ2v) is 7.61. The van der Waals surface area contributed by atoms with Crippen molar-refractivity contribution in [1.82, 2.24) is 15.5 Å². The van der Waals surface area contributed by atoms with Gasteiger partial charge in [0.1, 0.15) is 0 Å². The van der Waals surface area contributed by atoms with Crippen LogP contribution in [0.4, 0.5) is 0 Å². The fourth-order valence-corrected chi connectivity index (χ4v) is 4.01. The Hall–Kier alpha value is -1.04. The molecular weight excluding hydrogens is 330 g/mol. The molecule has 2 aromatic rings. The lowest BCUT2D eigenvalue weighted by Gasteiger charge is -2.35. The molecule has 0 atom stereocenters. The number of hydrogen-bond acceptors (Lipinski definition) is 5. The number of benzene rings is 1. The average molecular weight is 352 g/mol. The Morgan fingerprint density at radius 2 is 1.96 bits per heavy atom. The van der Waals surface area contributed by atoms with Gasteiger partial charge in [-0.15, -0.1) is 11.8 Å². The smallest absolute Gasteiger partial charge is 0.223 e. The molecule has 0 aliphatic heterocycles. The van der Waals surface area contributed by atoms with E-state index < -0.39 is 0 Å². The Balaban J connectivity index is 1.57. The summed E-state index contributed by atoms with van der Waals surface area (Å²) < 4.78 is 5.21. The van der Waals surface area contributed by atoms with E-state index in [0.717, 1.165) is 36.0 Å². The Kier molecular flexibility index (Phi) is 5.62. The van der Waals surface area contributed by atoms with Gasteiger partial charge in [0.15, 0.2) is 5.82 Å². The van der Waals surface area contributed by atoms with Gasteiger partial charge in [-0.05, 0) is 37.1 Å². The first-order chi connectivity index (χ1) is 11.2. The van der Waals surface area contributed by atoms with Gasteiger partial charge in [0.05, 0.1) is 5.54 Å². The summed E-state index contributed by atoms with van der Waals surface area (Å²) >= 11 is 7.75. The minimum Gasteiger partial charge on any atom is -0.340 e. The number of thioether (sulfide) groups is 1. The summed E-state index contributed by atoms with van der Waals surface area (Å²) in [6.45, 7) is 2.77. The molecular formula is C17H22ClN3OS. The van der Waals surface area contributed by atoms with Gasteiger partial charge in [0, 0.05) is 29.1 Å². The van der Waals surface area contributed by atoms with Gasteiger partial charge in [-0.3, -0.25) is 0 Å². The molecule has 6 heteroatoms. The third kappa shape index (κ3) is 4.28. The van der Waals surface area contributed by atoms with Gasteiger partial charge in [-0.1, -0.05) is 36.0 Å². The average Bonchev–Trinajstić information content (AvgIpc) is 3.01. The molecule has 1 aliphatic rings. The van der Waals surface area contributed by atoms with Gasteiger partial charge in [-0.2, -0.15) is 4.98 Å². The van der Waals surface area contributed by atoms with Crippen molar-refractivity contribution < 1.29 is 4.52 Å². The van der Waals surface area contributed by atoms with Gasteiger partial charge in [0.25, 0.3) is 0 Å². The lowest BCUT2D eigenvalue weighted by Crippen LogP contribution is -2.45. The van der Waals surface area contributed by atoms with Crippen LogP contribution in [0.2, 0.25) is 5.02 Å². The molecule has 124 valence electrons. The standard InChI is InChI=1S/C17H22ClN3OS/c1-13-20-16(21-22-13)17(9-3-2-4-10-17)19-11-12-23-15-7-5-14(18)6-8-15/h5-8,19H,2-4,9-12H2,1H3. The van der Waals surface area contributed by atoms with Crippen LogP contribution in [0.5, 0.6) is 0 Å². The first kappa shape index (κ1) is 16.8. The molecule has 1 aromatic carbocycles. The van der Waals surface area contributed by atoms with Crippen LogP contribution < -0.4 is 5.32 Å². The zero-order valence-electron chi connectivity index (χ0n) is 13.3. The number of halogens is 1. The predicted molar refractivity (Wildman–Crippen MR) is 94.0 cm³/mol. The lowest BCUT2D eigenvalue weighted by atomic mass is 9.81. The highest BCUT2D eigenvalue weighted by Gasteiger charge is 2.37. The minimum absolute atomic E-state index is 0.115. The van der Waals surface area contributed by atoms with E-state index in [-0.39, 0.29) is 5.54 Å². The number of nitrogens with zero attached hydrogens (tertiary/aromatic N) is 2. The number of hydrogen-bond donors (Lipinski definition) is 1. The molecule has 1 aliphatic carbocycles. The highest BCUT2D eigenvalue weighted by molar-refractivity contribution is 7.99. The fraction of sp³-hybridized carbons (Fsp3) is 0.529. The van der Waals surface area contributed by atoms with Crippen molar-refractivity contribution in [1.29, 1.82) is 0 Å². The topological polar surface area (TPSA) is 51.0 Å². The molecule has 0 radical (unpaired) electrons. The molecule has 0 amide bonds. The Labute approximate surface area is 146 Å². The molecule has 0 bridgehead atoms. The molecule has 1 fully saturated rings. The first-order valence-corrected chi connectivity index (χ1v) is 9.48. The summed E-state index contributed by atoms with van der Waals surface area (Å²) in [4.78, 5) is 5.73. The number of rotatable bonds is 6. The number of aromatic nitrogens is 2. The van der Waals surface area contributed by atoms with Crippen LogP contribution in [0.1, 0.15) is 43.8 Å². The summed E-state index contributed by atoms with van der Waals surface area (Å²) in [5.74, 6) is 2.47. The Morgan fingerprint density at radius 1 is 1.22 bits per heavy atom. The molecule has 1 aromatic heterocycles. The molecule has 23 heavy (non-hydrogen) atoms. The van der Waals surface area contributed by atoms with E-state index in [1.165, 1.54) is 24.2 Å². The van der Waals surface area contributed by atoms with Crippen molar-refractivity contribution in [2.75, 3.05) is 12.3 Å². The van der Waals surface area contributed by atoms with Crippen LogP contribution in [0.3, 0.4) is 0 Å². The molecule has 3 rings (SSSR count). The quantitative estimate of drug-likeness (QED) is 0.610. The summed E-state index contributed by atoms with van der Waals surface area (Å²) in [6.07, 6.45) is 5.88. The summed E-state index contributed by atoms with van der Waals surface area (Å²) in [5, 5.41) is 8.68. The molecule has 0 unspecified atom stereocenters. The van der Waals surface area contributed by atoms with Crippen LogP contribution in [-0.2, 0) is 5.54 Å². The second kappa shape index (κ2) is 7.69. The lowest BCUT2D eigenvalue weighted by molar-refractivity contribution is 0.217. The van der Waals surface area contributed by atoms with Gasteiger partial charge in [0.2, 0.25) is 5.89 Å². The van der Waals surface area contributed by atoms with Crippen LogP contribution >= 0.6 is 23.4 Å². The van der Waals surface area contributed by atoms with Crippen LogP contribution in [0, 0.1) is 6.92 Å². The molecule has 0 saturated heterocycles. The van der Waals surface area contributed by atoms with Crippen molar-refractivity contribution in [3.05, 3.63) is 41.0 Å². The highest BCUT2D eigenvalue weighted by atomic mass is 35.5. The van der Waals surface area contributed by atoms with Crippen LogP contribution in [-0.4, -0.2) is 22.4 Å². The van der Waals surface area contributed by atoms with E-state index in [0.29, 0.717) is 5.89 Å². The van der Waals surface area contributed by atoms with E-state index in [9.17, 15) is 0 Å². The SMILES string of the molecule is Cc1nc(C2(NCCSc3ccc(Cl)cc3)CCCCC2)no1. The van der Waals surface area contributed by atoms with E-state index >= 15 is 0 Å². The van der Waals surface area contributed by atoms with E-state index in [1.807, 2.05) is 30.8 Å². The third-order valence-corrected chi connectivity index (χ3v) is 5.58. The monoisotopic (exact) mass is 351 g/mol. The van der Waals surface area contributed by atoms with E-state index in [1.54, 1.807) is 0 Å². The number of aryl methyl sites for hydroxylation is 1. The molecule has 1 saturated carbocycles. The summed E-state index contributed by atoms with van der Waals surface area (Å²) in [5.41, 5.74) is -0.115. The largest absolute Gasteiger partial charge is 0.340 e. The number of nitrogens with one attached hydrogen (secondary N) is 1. The fourth-order valence-electron chi connectivity index (χ4n) is 3.12. The summed E-state index contributed by atoms with van der Waals surface area (Å²) in [7, 11) is 0. The molecule has 4 nitrogen and oxygen atoms in total. The maximum absolute atomic E-state index is 5.92.